The second-order valence-corrected chi connectivity index (χ2v) is 9.48. The van der Waals surface area contributed by atoms with E-state index in [1.807, 2.05) is 9.47 Å². The summed E-state index contributed by atoms with van der Waals surface area (Å²) in [5.74, 6) is -0.441. The predicted octanol–water partition coefficient (Wildman–Crippen LogP) is 5.47. The van der Waals surface area contributed by atoms with Gasteiger partial charge in [0.25, 0.3) is 0 Å². The van der Waals surface area contributed by atoms with E-state index in [1.165, 1.54) is 18.1 Å². The van der Waals surface area contributed by atoms with E-state index in [1.54, 1.807) is 18.2 Å². The zero-order valence-electron chi connectivity index (χ0n) is 19.3. The first-order valence-corrected chi connectivity index (χ1v) is 11.8. The van der Waals surface area contributed by atoms with Crippen molar-refractivity contribution in [3.05, 3.63) is 64.2 Å². The number of benzene rings is 2. The molecule has 12 heteroatoms. The minimum absolute atomic E-state index is 0.0156. The maximum absolute atomic E-state index is 14.5. The third kappa shape index (κ3) is 4.86. The van der Waals surface area contributed by atoms with Crippen LogP contribution in [0.3, 0.4) is 0 Å². The van der Waals surface area contributed by atoms with E-state index in [2.05, 4.69) is 10.2 Å². The van der Waals surface area contributed by atoms with Crippen LogP contribution in [0.2, 0.25) is 5.02 Å². The van der Waals surface area contributed by atoms with Crippen LogP contribution in [0.15, 0.2) is 30.3 Å². The number of anilines is 1. The normalized spacial score (nSPS) is 17.0. The van der Waals surface area contributed by atoms with Crippen molar-refractivity contribution in [2.75, 3.05) is 31.6 Å². The van der Waals surface area contributed by atoms with E-state index in [0.29, 0.717) is 53.9 Å². The first-order valence-electron chi connectivity index (χ1n) is 11.4. The number of halogens is 6. The largest absolute Gasteiger partial charge is 0.494 e. The molecular weight excluding hydrogens is 505 g/mol. The summed E-state index contributed by atoms with van der Waals surface area (Å²) in [6.45, 7) is -0.0642. The number of aromatic nitrogens is 3. The zero-order valence-corrected chi connectivity index (χ0v) is 20.1. The first kappa shape index (κ1) is 24.8. The molecule has 192 valence electrons. The van der Waals surface area contributed by atoms with Crippen LogP contribution in [0.25, 0.3) is 5.69 Å². The SMILES string of the molecule is COc1cc(N2CCC(c3nnc4n3-c3ccc(Cl)cc3CN(CC(F)(F)F)C4)CC2)c(F)cc1F. The maximum atomic E-state index is 14.5. The third-order valence-electron chi connectivity index (χ3n) is 6.62. The molecule has 0 N–H and O–H groups in total. The average molecular weight is 528 g/mol. The van der Waals surface area contributed by atoms with Gasteiger partial charge >= 0.3 is 6.18 Å². The van der Waals surface area contributed by atoms with Gasteiger partial charge in [0.1, 0.15) is 11.6 Å². The van der Waals surface area contributed by atoms with Gasteiger partial charge in [-0.1, -0.05) is 11.6 Å². The Morgan fingerprint density at radius 2 is 1.75 bits per heavy atom. The molecule has 1 fully saturated rings. The number of ether oxygens (including phenoxy) is 1. The number of alkyl halides is 3. The van der Waals surface area contributed by atoms with Gasteiger partial charge in [-0.2, -0.15) is 13.2 Å². The van der Waals surface area contributed by atoms with E-state index in [4.69, 9.17) is 16.3 Å². The molecule has 0 unspecified atom stereocenters. The lowest BCUT2D eigenvalue weighted by Gasteiger charge is -2.33. The van der Waals surface area contributed by atoms with Gasteiger partial charge < -0.3 is 9.64 Å². The fraction of sp³-hybridized carbons (Fsp3) is 0.417. The summed E-state index contributed by atoms with van der Waals surface area (Å²) in [4.78, 5) is 3.10. The van der Waals surface area contributed by atoms with Crippen LogP contribution in [-0.4, -0.2) is 52.6 Å². The number of hydrogen-bond donors (Lipinski definition) is 0. The Morgan fingerprint density at radius 1 is 1.00 bits per heavy atom. The van der Waals surface area contributed by atoms with Crippen LogP contribution >= 0.6 is 11.6 Å². The summed E-state index contributed by atoms with van der Waals surface area (Å²) < 4.78 is 74.8. The van der Waals surface area contributed by atoms with Gasteiger partial charge in [-0.25, -0.2) is 8.78 Å². The number of hydrogen-bond acceptors (Lipinski definition) is 5. The molecule has 36 heavy (non-hydrogen) atoms. The second-order valence-electron chi connectivity index (χ2n) is 9.04. The van der Waals surface area contributed by atoms with Gasteiger partial charge in [-0.15, -0.1) is 10.2 Å². The van der Waals surface area contributed by atoms with Crippen molar-refractivity contribution in [3.63, 3.8) is 0 Å². The van der Waals surface area contributed by atoms with Crippen molar-refractivity contribution in [3.8, 4) is 11.4 Å². The molecule has 2 aliphatic rings. The topological polar surface area (TPSA) is 46.4 Å². The lowest BCUT2D eigenvalue weighted by atomic mass is 9.95. The summed E-state index contributed by atoms with van der Waals surface area (Å²) in [6.07, 6.45) is -3.15. The molecule has 6 nitrogen and oxygen atoms in total. The molecule has 0 spiro atoms. The van der Waals surface area contributed by atoms with Gasteiger partial charge in [-0.3, -0.25) is 9.47 Å². The minimum Gasteiger partial charge on any atom is -0.494 e. The number of nitrogens with zero attached hydrogens (tertiary/aromatic N) is 5. The van der Waals surface area contributed by atoms with Crippen molar-refractivity contribution in [1.29, 1.82) is 0 Å². The molecule has 0 bridgehead atoms. The van der Waals surface area contributed by atoms with Gasteiger partial charge in [0.15, 0.2) is 17.4 Å². The average Bonchev–Trinajstić information content (AvgIpc) is 3.15. The first-order chi connectivity index (χ1) is 17.1. The Labute approximate surface area is 209 Å². The third-order valence-corrected chi connectivity index (χ3v) is 6.86. The van der Waals surface area contributed by atoms with E-state index in [-0.39, 0.29) is 30.4 Å². The highest BCUT2D eigenvalue weighted by Crippen LogP contribution is 2.36. The van der Waals surface area contributed by atoms with Crippen LogP contribution in [0, 0.1) is 11.6 Å². The molecule has 3 heterocycles. The second kappa shape index (κ2) is 9.51. The van der Waals surface area contributed by atoms with Crippen molar-refractivity contribution in [2.24, 2.45) is 0 Å². The number of rotatable bonds is 4. The zero-order chi connectivity index (χ0) is 25.6. The van der Waals surface area contributed by atoms with E-state index < -0.39 is 24.4 Å². The number of methoxy groups -OCH3 is 1. The molecule has 0 aliphatic carbocycles. The van der Waals surface area contributed by atoms with Gasteiger partial charge in [0, 0.05) is 42.7 Å². The highest BCUT2D eigenvalue weighted by Gasteiger charge is 2.35. The smallest absolute Gasteiger partial charge is 0.401 e. The van der Waals surface area contributed by atoms with E-state index in [0.717, 1.165) is 6.07 Å². The lowest BCUT2D eigenvalue weighted by Crippen LogP contribution is -2.34. The summed E-state index contributed by atoms with van der Waals surface area (Å²) in [7, 11) is 1.32. The van der Waals surface area contributed by atoms with Crippen molar-refractivity contribution < 1.29 is 26.7 Å². The van der Waals surface area contributed by atoms with Crippen LogP contribution in [0.5, 0.6) is 5.75 Å². The minimum atomic E-state index is -4.36. The van der Waals surface area contributed by atoms with Crippen LogP contribution in [0.4, 0.5) is 27.6 Å². The van der Waals surface area contributed by atoms with Gasteiger partial charge in [0.2, 0.25) is 0 Å². The molecule has 2 aliphatic heterocycles. The van der Waals surface area contributed by atoms with Gasteiger partial charge in [0.05, 0.1) is 31.6 Å². The van der Waals surface area contributed by atoms with Crippen molar-refractivity contribution in [2.45, 2.75) is 38.0 Å². The molecule has 5 rings (SSSR count). The monoisotopic (exact) mass is 527 g/mol. The highest BCUT2D eigenvalue weighted by molar-refractivity contribution is 6.30. The standard InChI is InChI=1S/C24H23ClF5N5O/c1-36-21-10-20(17(26)9-18(21)27)34-6-4-14(5-7-34)23-32-31-22-12-33(13-24(28,29)30)11-15-8-16(25)2-3-19(15)35(22)23/h2-3,8-10,14H,4-7,11-13H2,1H3. The van der Waals surface area contributed by atoms with E-state index >= 15 is 0 Å². The van der Waals surface area contributed by atoms with E-state index in [9.17, 15) is 22.0 Å². The molecule has 0 amide bonds. The Morgan fingerprint density at radius 3 is 2.44 bits per heavy atom. The van der Waals surface area contributed by atoms with Crippen LogP contribution in [0.1, 0.15) is 36.0 Å². The molecule has 0 atom stereocenters. The maximum Gasteiger partial charge on any atom is 0.401 e. The van der Waals surface area contributed by atoms with Crippen molar-refractivity contribution >= 4 is 17.3 Å². The van der Waals surface area contributed by atoms with Crippen LogP contribution < -0.4 is 9.64 Å². The lowest BCUT2D eigenvalue weighted by molar-refractivity contribution is -0.148. The fourth-order valence-corrected chi connectivity index (χ4v) is 5.21. The summed E-state index contributed by atoms with van der Waals surface area (Å²) in [5, 5.41) is 9.07. The Bertz CT molecular complexity index is 1270. The Hall–Kier alpha value is -2.92. The molecule has 1 aromatic heterocycles. The summed E-state index contributed by atoms with van der Waals surface area (Å²) in [6, 6.07) is 7.31. The molecule has 0 saturated carbocycles. The Balaban J connectivity index is 1.43. The van der Waals surface area contributed by atoms with Gasteiger partial charge in [-0.05, 0) is 36.6 Å². The molecule has 2 aromatic carbocycles. The van der Waals surface area contributed by atoms with Crippen molar-refractivity contribution in [1.82, 2.24) is 19.7 Å². The summed E-state index contributed by atoms with van der Waals surface area (Å²) >= 11 is 6.17. The molecule has 3 aromatic rings. The molecule has 0 radical (unpaired) electrons. The predicted molar refractivity (Wildman–Crippen MR) is 124 cm³/mol. The summed E-state index contributed by atoms with van der Waals surface area (Å²) in [5.41, 5.74) is 1.62. The molecule has 1 saturated heterocycles. The highest BCUT2D eigenvalue weighted by atomic mass is 35.5. The number of fused-ring (bicyclic) bond motifs is 3. The fourth-order valence-electron chi connectivity index (χ4n) is 5.02. The molecular formula is C24H23ClF5N5O. The van der Waals surface area contributed by atoms with Crippen LogP contribution in [-0.2, 0) is 13.1 Å². The number of piperidine rings is 1. The quantitative estimate of drug-likeness (QED) is 0.421. The Kier molecular flexibility index (Phi) is 6.54.